The summed E-state index contributed by atoms with van der Waals surface area (Å²) < 4.78 is 1.91. The van der Waals surface area contributed by atoms with Crippen molar-refractivity contribution < 1.29 is 10.2 Å². The second-order valence-corrected chi connectivity index (χ2v) is 6.78. The van der Waals surface area contributed by atoms with Gasteiger partial charge in [-0.1, -0.05) is 0 Å². The third kappa shape index (κ3) is 2.49. The first kappa shape index (κ1) is 15.3. The monoisotopic (exact) mass is 324 g/mol. The van der Waals surface area contributed by atoms with Crippen LogP contribution in [0.4, 0.5) is 11.8 Å². The third-order valence-corrected chi connectivity index (χ3v) is 5.50. The van der Waals surface area contributed by atoms with E-state index in [9.17, 15) is 10.2 Å². The molecule has 0 bridgehead atoms. The lowest BCUT2D eigenvalue weighted by Crippen LogP contribution is -2.20. The number of aromatic nitrogens is 4. The first-order chi connectivity index (χ1) is 10.5. The van der Waals surface area contributed by atoms with Crippen LogP contribution in [0.3, 0.4) is 0 Å². The fourth-order valence-corrected chi connectivity index (χ4v) is 3.97. The number of anilines is 2. The SMILES string of the molecule is CCN(C)c1nc(N)nc2c1ncn2C1CC(O)C(CO)S1. The van der Waals surface area contributed by atoms with Gasteiger partial charge in [-0.05, 0) is 6.92 Å². The van der Waals surface area contributed by atoms with Crippen LogP contribution in [0, 0.1) is 0 Å². The molecule has 120 valence electrons. The molecular formula is C13H20N6O2S. The van der Waals surface area contributed by atoms with E-state index >= 15 is 0 Å². The first-order valence-electron chi connectivity index (χ1n) is 7.20. The number of aliphatic hydroxyl groups excluding tert-OH is 2. The quantitative estimate of drug-likeness (QED) is 0.732. The third-order valence-electron chi connectivity index (χ3n) is 3.95. The smallest absolute Gasteiger partial charge is 0.224 e. The standard InChI is InChI=1S/C13H20N6O2S/c1-3-18(2)11-10-12(17-13(14)16-11)19(6-15-10)9-4-7(21)8(5-20)22-9/h6-9,20-21H,3-5H2,1-2H3,(H2,14,16,17). The molecule has 0 radical (unpaired) electrons. The lowest BCUT2D eigenvalue weighted by Gasteiger charge is -2.17. The molecule has 3 heterocycles. The molecule has 3 unspecified atom stereocenters. The summed E-state index contributed by atoms with van der Waals surface area (Å²) in [7, 11) is 1.93. The van der Waals surface area contributed by atoms with Crippen LogP contribution in [-0.2, 0) is 0 Å². The maximum absolute atomic E-state index is 9.99. The van der Waals surface area contributed by atoms with E-state index in [0.717, 1.165) is 6.54 Å². The molecule has 8 nitrogen and oxygen atoms in total. The Hall–Kier alpha value is -1.58. The number of nitrogens with two attached hydrogens (primary N) is 1. The van der Waals surface area contributed by atoms with Crippen molar-refractivity contribution in [1.29, 1.82) is 0 Å². The Morgan fingerprint density at radius 1 is 1.50 bits per heavy atom. The molecule has 1 fully saturated rings. The number of fused-ring (bicyclic) bond motifs is 1. The summed E-state index contributed by atoms with van der Waals surface area (Å²) in [4.78, 5) is 15.0. The zero-order valence-electron chi connectivity index (χ0n) is 12.5. The number of rotatable bonds is 4. The van der Waals surface area contributed by atoms with Gasteiger partial charge in [0.25, 0.3) is 0 Å². The molecule has 0 spiro atoms. The van der Waals surface area contributed by atoms with Gasteiger partial charge in [-0.15, -0.1) is 11.8 Å². The molecule has 0 aromatic carbocycles. The zero-order chi connectivity index (χ0) is 15.9. The Bertz CT molecular complexity index is 678. The maximum Gasteiger partial charge on any atom is 0.224 e. The van der Waals surface area contributed by atoms with E-state index in [2.05, 4.69) is 15.0 Å². The molecule has 0 amide bonds. The molecule has 1 aliphatic heterocycles. The van der Waals surface area contributed by atoms with Crippen LogP contribution in [0.15, 0.2) is 6.33 Å². The average molecular weight is 324 g/mol. The summed E-state index contributed by atoms with van der Waals surface area (Å²) in [6.07, 6.45) is 1.72. The van der Waals surface area contributed by atoms with Gasteiger partial charge < -0.3 is 25.4 Å². The Morgan fingerprint density at radius 3 is 2.91 bits per heavy atom. The second-order valence-electron chi connectivity index (χ2n) is 5.36. The second kappa shape index (κ2) is 5.90. The van der Waals surface area contributed by atoms with Gasteiger partial charge >= 0.3 is 0 Å². The zero-order valence-corrected chi connectivity index (χ0v) is 13.4. The van der Waals surface area contributed by atoms with Crippen LogP contribution in [0.5, 0.6) is 0 Å². The van der Waals surface area contributed by atoms with Crippen molar-refractivity contribution in [3.63, 3.8) is 0 Å². The van der Waals surface area contributed by atoms with Crippen LogP contribution in [0.1, 0.15) is 18.7 Å². The van der Waals surface area contributed by atoms with Crippen LogP contribution in [-0.4, -0.2) is 61.3 Å². The van der Waals surface area contributed by atoms with Crippen molar-refractivity contribution in [2.24, 2.45) is 0 Å². The van der Waals surface area contributed by atoms with Crippen molar-refractivity contribution in [3.8, 4) is 0 Å². The van der Waals surface area contributed by atoms with Gasteiger partial charge in [0.2, 0.25) is 5.95 Å². The molecule has 0 aliphatic carbocycles. The van der Waals surface area contributed by atoms with E-state index in [1.165, 1.54) is 11.8 Å². The molecule has 1 aliphatic rings. The topological polar surface area (TPSA) is 113 Å². The number of nitrogen functional groups attached to an aromatic ring is 1. The Morgan fingerprint density at radius 2 is 2.27 bits per heavy atom. The lowest BCUT2D eigenvalue weighted by atomic mass is 10.2. The van der Waals surface area contributed by atoms with Gasteiger partial charge in [-0.25, -0.2) is 4.98 Å². The van der Waals surface area contributed by atoms with Gasteiger partial charge in [0.1, 0.15) is 0 Å². The van der Waals surface area contributed by atoms with E-state index in [-0.39, 0.29) is 23.2 Å². The summed E-state index contributed by atoms with van der Waals surface area (Å²) in [5, 5.41) is 19.1. The van der Waals surface area contributed by atoms with Crippen molar-refractivity contribution in [1.82, 2.24) is 19.5 Å². The summed E-state index contributed by atoms with van der Waals surface area (Å²) in [5.74, 6) is 0.901. The van der Waals surface area contributed by atoms with Crippen molar-refractivity contribution in [2.45, 2.75) is 30.1 Å². The van der Waals surface area contributed by atoms with Crippen molar-refractivity contribution in [2.75, 3.05) is 30.8 Å². The van der Waals surface area contributed by atoms with Crippen LogP contribution < -0.4 is 10.6 Å². The van der Waals surface area contributed by atoms with Crippen molar-refractivity contribution in [3.05, 3.63) is 6.33 Å². The minimum absolute atomic E-state index is 0.0220. The maximum atomic E-state index is 9.99. The van der Waals surface area contributed by atoms with Crippen LogP contribution in [0.2, 0.25) is 0 Å². The highest BCUT2D eigenvalue weighted by Gasteiger charge is 2.35. The molecule has 2 aromatic heterocycles. The molecular weight excluding hydrogens is 304 g/mol. The van der Waals surface area contributed by atoms with E-state index in [4.69, 9.17) is 5.73 Å². The highest BCUT2D eigenvalue weighted by atomic mass is 32.2. The fourth-order valence-electron chi connectivity index (χ4n) is 2.59. The summed E-state index contributed by atoms with van der Waals surface area (Å²) in [5.41, 5.74) is 7.19. The molecule has 22 heavy (non-hydrogen) atoms. The number of imidazole rings is 1. The molecule has 2 aromatic rings. The molecule has 0 saturated carbocycles. The number of thioether (sulfide) groups is 1. The molecule has 9 heteroatoms. The predicted molar refractivity (Wildman–Crippen MR) is 86.8 cm³/mol. The van der Waals surface area contributed by atoms with Gasteiger partial charge in [0, 0.05) is 20.0 Å². The minimum atomic E-state index is -0.533. The Kier molecular flexibility index (Phi) is 4.11. The number of aliphatic hydroxyl groups is 2. The summed E-state index contributed by atoms with van der Waals surface area (Å²) >= 11 is 1.53. The molecule has 4 N–H and O–H groups in total. The first-order valence-corrected chi connectivity index (χ1v) is 8.15. The molecule has 3 rings (SSSR count). The lowest BCUT2D eigenvalue weighted by molar-refractivity contribution is 0.138. The Labute approximate surface area is 132 Å². The highest BCUT2D eigenvalue weighted by molar-refractivity contribution is 8.00. The largest absolute Gasteiger partial charge is 0.395 e. The highest BCUT2D eigenvalue weighted by Crippen LogP contribution is 2.42. The van der Waals surface area contributed by atoms with E-state index in [1.807, 2.05) is 23.4 Å². The van der Waals surface area contributed by atoms with Gasteiger partial charge in [0.15, 0.2) is 17.0 Å². The van der Waals surface area contributed by atoms with Crippen LogP contribution in [0.25, 0.3) is 11.2 Å². The van der Waals surface area contributed by atoms with E-state index < -0.39 is 6.10 Å². The normalized spacial score (nSPS) is 25.0. The Balaban J connectivity index is 2.04. The number of hydrogen-bond donors (Lipinski definition) is 3. The molecule has 3 atom stereocenters. The van der Waals surface area contributed by atoms with Crippen LogP contribution >= 0.6 is 11.8 Å². The minimum Gasteiger partial charge on any atom is -0.395 e. The molecule has 1 saturated heterocycles. The van der Waals surface area contributed by atoms with Gasteiger partial charge in [0.05, 0.1) is 29.7 Å². The average Bonchev–Trinajstić information content (AvgIpc) is 3.08. The summed E-state index contributed by atoms with van der Waals surface area (Å²) in [6.45, 7) is 2.76. The van der Waals surface area contributed by atoms with Gasteiger partial charge in [-0.2, -0.15) is 9.97 Å². The van der Waals surface area contributed by atoms with E-state index in [0.29, 0.717) is 23.4 Å². The predicted octanol–water partition coefficient (Wildman–Crippen LogP) is 0.222. The number of hydrogen-bond acceptors (Lipinski definition) is 8. The van der Waals surface area contributed by atoms with E-state index in [1.54, 1.807) is 6.33 Å². The summed E-state index contributed by atoms with van der Waals surface area (Å²) in [6, 6.07) is 0. The fraction of sp³-hybridized carbons (Fsp3) is 0.615. The number of nitrogens with zero attached hydrogens (tertiary/aromatic N) is 5. The van der Waals surface area contributed by atoms with Crippen molar-refractivity contribution >= 4 is 34.7 Å². The van der Waals surface area contributed by atoms with Gasteiger partial charge in [-0.3, -0.25) is 0 Å².